The average Bonchev–Trinajstić information content (AvgIpc) is 2.36. The van der Waals surface area contributed by atoms with Crippen LogP contribution in [0.3, 0.4) is 0 Å². The van der Waals surface area contributed by atoms with Crippen LogP contribution in [0.5, 0.6) is 0 Å². The third-order valence-electron chi connectivity index (χ3n) is 2.69. The third kappa shape index (κ3) is 8.01. The summed E-state index contributed by atoms with van der Waals surface area (Å²) >= 11 is 3.51. The molecule has 120 valence electrons. The fourth-order valence-electron chi connectivity index (χ4n) is 1.69. The van der Waals surface area contributed by atoms with E-state index in [0.717, 1.165) is 10.0 Å². The van der Waals surface area contributed by atoms with Gasteiger partial charge in [0.1, 0.15) is 9.84 Å². The van der Waals surface area contributed by atoms with Crippen molar-refractivity contribution in [2.75, 3.05) is 32.6 Å². The van der Waals surface area contributed by atoms with Crippen LogP contribution < -0.4 is 5.32 Å². The monoisotopic (exact) mass is 489 g/mol. The molecule has 0 heterocycles. The Morgan fingerprint density at radius 1 is 1.38 bits per heavy atom. The summed E-state index contributed by atoms with van der Waals surface area (Å²) < 4.78 is 23.3. The van der Waals surface area contributed by atoms with Gasteiger partial charge in [0.05, 0.1) is 5.75 Å². The van der Waals surface area contributed by atoms with E-state index in [4.69, 9.17) is 0 Å². The van der Waals surface area contributed by atoms with Gasteiger partial charge in [-0.25, -0.2) is 8.42 Å². The highest BCUT2D eigenvalue weighted by Crippen LogP contribution is 2.17. The molecule has 1 rings (SSSR count). The minimum Gasteiger partial charge on any atom is -0.355 e. The number of sulfone groups is 1. The molecule has 0 amide bonds. The Kier molecular flexibility index (Phi) is 9.46. The number of hydrogen-bond donors (Lipinski definition) is 1. The molecule has 0 spiro atoms. The van der Waals surface area contributed by atoms with Crippen LogP contribution >= 0.6 is 39.9 Å². The average molecular weight is 490 g/mol. The summed E-state index contributed by atoms with van der Waals surface area (Å²) in [4.78, 5) is 6.10. The lowest BCUT2D eigenvalue weighted by Crippen LogP contribution is -2.40. The van der Waals surface area contributed by atoms with Crippen molar-refractivity contribution in [2.24, 2.45) is 4.99 Å². The molecule has 0 bridgehead atoms. The van der Waals surface area contributed by atoms with Crippen LogP contribution in [0.1, 0.15) is 5.56 Å². The van der Waals surface area contributed by atoms with Crippen molar-refractivity contribution in [1.82, 2.24) is 10.2 Å². The fraction of sp³-hybridized carbons (Fsp3) is 0.462. The molecule has 0 saturated heterocycles. The molecule has 5 nitrogen and oxygen atoms in total. The van der Waals surface area contributed by atoms with Crippen LogP contribution in [0.4, 0.5) is 0 Å². The van der Waals surface area contributed by atoms with Crippen molar-refractivity contribution >= 4 is 55.7 Å². The Morgan fingerprint density at radius 2 is 2.00 bits per heavy atom. The molecule has 0 aliphatic rings. The first-order valence-corrected chi connectivity index (χ1v) is 9.02. The van der Waals surface area contributed by atoms with E-state index < -0.39 is 9.84 Å². The molecule has 0 radical (unpaired) electrons. The molecule has 0 fully saturated rings. The van der Waals surface area contributed by atoms with Gasteiger partial charge in [-0.05, 0) is 11.6 Å². The molecule has 1 aromatic rings. The molecule has 1 N–H and O–H groups in total. The molecule has 0 atom stereocenters. The SMILES string of the molecule is CN=C(NCCS(C)(=O)=O)N(C)Cc1ccccc1Br.I. The van der Waals surface area contributed by atoms with E-state index in [1.807, 2.05) is 36.2 Å². The Bertz CT molecular complexity index is 579. The zero-order valence-electron chi connectivity index (χ0n) is 12.3. The Labute approximate surface area is 152 Å². The molecule has 0 aliphatic carbocycles. The number of rotatable bonds is 5. The summed E-state index contributed by atoms with van der Waals surface area (Å²) in [5.41, 5.74) is 1.14. The molecule has 0 aromatic heterocycles. The topological polar surface area (TPSA) is 61.8 Å². The molecule has 0 unspecified atom stereocenters. The standard InChI is InChI=1S/C13H20BrN3O2S.HI/c1-15-13(16-8-9-20(3,18)19)17(2)10-11-6-4-5-7-12(11)14;/h4-7H,8-10H2,1-3H3,(H,15,16);1H. The summed E-state index contributed by atoms with van der Waals surface area (Å²) in [6.07, 6.45) is 1.22. The van der Waals surface area contributed by atoms with Crippen LogP contribution in [0.25, 0.3) is 0 Å². The molecule has 0 aliphatic heterocycles. The van der Waals surface area contributed by atoms with Crippen molar-refractivity contribution in [3.8, 4) is 0 Å². The molecule has 8 heteroatoms. The Balaban J connectivity index is 0.00000400. The number of benzene rings is 1. The second kappa shape index (κ2) is 9.62. The van der Waals surface area contributed by atoms with Gasteiger partial charge in [0.25, 0.3) is 0 Å². The first kappa shape index (κ1) is 20.6. The van der Waals surface area contributed by atoms with Gasteiger partial charge in [0, 0.05) is 37.9 Å². The Hall–Kier alpha value is -0.350. The maximum absolute atomic E-state index is 11.1. The van der Waals surface area contributed by atoms with E-state index in [-0.39, 0.29) is 29.7 Å². The number of nitrogens with zero attached hydrogens (tertiary/aromatic N) is 2. The van der Waals surface area contributed by atoms with Crippen LogP contribution in [-0.4, -0.2) is 51.9 Å². The van der Waals surface area contributed by atoms with Crippen LogP contribution in [0, 0.1) is 0 Å². The minimum atomic E-state index is -2.96. The molecular formula is C13H21BrIN3O2S. The smallest absolute Gasteiger partial charge is 0.193 e. The van der Waals surface area contributed by atoms with Gasteiger partial charge in [0.15, 0.2) is 5.96 Å². The van der Waals surface area contributed by atoms with Crippen LogP contribution in [0.2, 0.25) is 0 Å². The largest absolute Gasteiger partial charge is 0.355 e. The van der Waals surface area contributed by atoms with Gasteiger partial charge in [-0.2, -0.15) is 0 Å². The second-order valence-electron chi connectivity index (χ2n) is 4.55. The summed E-state index contributed by atoms with van der Waals surface area (Å²) in [6, 6.07) is 7.97. The Morgan fingerprint density at radius 3 is 2.52 bits per heavy atom. The highest BCUT2D eigenvalue weighted by molar-refractivity contribution is 14.0. The van der Waals surface area contributed by atoms with Crippen LogP contribution in [-0.2, 0) is 16.4 Å². The zero-order valence-corrected chi connectivity index (χ0v) is 17.1. The van der Waals surface area contributed by atoms with Crippen LogP contribution in [0.15, 0.2) is 33.7 Å². The van der Waals surface area contributed by atoms with Crippen molar-refractivity contribution in [3.05, 3.63) is 34.3 Å². The first-order chi connectivity index (χ1) is 9.33. The zero-order chi connectivity index (χ0) is 15.2. The summed E-state index contributed by atoms with van der Waals surface area (Å²) in [6.45, 7) is 1.03. The number of hydrogen-bond acceptors (Lipinski definition) is 3. The summed E-state index contributed by atoms with van der Waals surface area (Å²) in [5.74, 6) is 0.763. The lowest BCUT2D eigenvalue weighted by Gasteiger charge is -2.22. The van der Waals surface area contributed by atoms with Gasteiger partial charge < -0.3 is 10.2 Å². The van der Waals surface area contributed by atoms with E-state index in [1.165, 1.54) is 6.26 Å². The molecule has 21 heavy (non-hydrogen) atoms. The van der Waals surface area contributed by atoms with E-state index in [2.05, 4.69) is 26.2 Å². The predicted octanol–water partition coefficient (Wildman–Crippen LogP) is 2.12. The van der Waals surface area contributed by atoms with Gasteiger partial charge in [-0.15, -0.1) is 24.0 Å². The maximum atomic E-state index is 11.1. The number of aliphatic imine (C=N–C) groups is 1. The third-order valence-corrected chi connectivity index (χ3v) is 4.41. The van der Waals surface area contributed by atoms with Gasteiger partial charge >= 0.3 is 0 Å². The van der Waals surface area contributed by atoms with E-state index in [1.54, 1.807) is 7.05 Å². The van der Waals surface area contributed by atoms with Gasteiger partial charge in [0.2, 0.25) is 0 Å². The van der Waals surface area contributed by atoms with Gasteiger partial charge in [-0.3, -0.25) is 4.99 Å². The van der Waals surface area contributed by atoms with E-state index in [0.29, 0.717) is 19.0 Å². The lowest BCUT2D eigenvalue weighted by atomic mass is 10.2. The summed E-state index contributed by atoms with van der Waals surface area (Å²) in [7, 11) is 0.629. The van der Waals surface area contributed by atoms with Crippen molar-refractivity contribution in [3.63, 3.8) is 0 Å². The van der Waals surface area contributed by atoms with E-state index in [9.17, 15) is 8.42 Å². The number of guanidine groups is 1. The highest BCUT2D eigenvalue weighted by Gasteiger charge is 2.09. The minimum absolute atomic E-state index is 0. The number of halogens is 2. The molecular weight excluding hydrogens is 469 g/mol. The predicted molar refractivity (Wildman–Crippen MR) is 102 cm³/mol. The van der Waals surface area contributed by atoms with Crippen molar-refractivity contribution in [2.45, 2.75) is 6.54 Å². The van der Waals surface area contributed by atoms with E-state index >= 15 is 0 Å². The number of nitrogens with one attached hydrogen (secondary N) is 1. The fourth-order valence-corrected chi connectivity index (χ4v) is 2.57. The van der Waals surface area contributed by atoms with Crippen molar-refractivity contribution in [1.29, 1.82) is 0 Å². The quantitative estimate of drug-likeness (QED) is 0.391. The first-order valence-electron chi connectivity index (χ1n) is 6.16. The normalized spacial score (nSPS) is 11.7. The van der Waals surface area contributed by atoms with Crippen molar-refractivity contribution < 1.29 is 8.42 Å². The summed E-state index contributed by atoms with van der Waals surface area (Å²) in [5, 5.41) is 3.05. The molecule has 1 aromatic carbocycles. The van der Waals surface area contributed by atoms with Gasteiger partial charge in [-0.1, -0.05) is 34.1 Å². The molecule has 0 saturated carbocycles. The second-order valence-corrected chi connectivity index (χ2v) is 7.67. The highest BCUT2D eigenvalue weighted by atomic mass is 127. The lowest BCUT2D eigenvalue weighted by molar-refractivity contribution is 0.477. The maximum Gasteiger partial charge on any atom is 0.193 e.